The van der Waals surface area contributed by atoms with Gasteiger partial charge in [0.2, 0.25) is 0 Å². The highest BCUT2D eigenvalue weighted by Gasteiger charge is 2.41. The summed E-state index contributed by atoms with van der Waals surface area (Å²) in [5.74, 6) is 1.01. The summed E-state index contributed by atoms with van der Waals surface area (Å²) in [6.45, 7) is 0. The molecule has 1 fully saturated rings. The zero-order valence-electron chi connectivity index (χ0n) is 9.62. The summed E-state index contributed by atoms with van der Waals surface area (Å²) in [5, 5.41) is 0.798. The molecule has 4 heteroatoms. The summed E-state index contributed by atoms with van der Waals surface area (Å²) < 4.78 is 6.12. The van der Waals surface area contributed by atoms with Crippen LogP contribution in [0, 0.1) is 0 Å². The van der Waals surface area contributed by atoms with E-state index in [9.17, 15) is 0 Å². The monoisotopic (exact) mass is 273 g/mol. The summed E-state index contributed by atoms with van der Waals surface area (Å²) in [6.07, 6.45) is 5.28. The minimum atomic E-state index is 0. The van der Waals surface area contributed by atoms with Gasteiger partial charge in [-0.2, -0.15) is 0 Å². The van der Waals surface area contributed by atoms with Crippen LogP contribution < -0.4 is 10.5 Å². The number of halogens is 2. The lowest BCUT2D eigenvalue weighted by Gasteiger charge is -2.35. The molecule has 0 radical (unpaired) electrons. The quantitative estimate of drug-likeness (QED) is 0.787. The number of benzene rings is 1. The molecule has 0 bridgehead atoms. The minimum absolute atomic E-state index is 0. The van der Waals surface area contributed by atoms with Crippen molar-refractivity contribution in [1.29, 1.82) is 0 Å². The van der Waals surface area contributed by atoms with Crippen molar-refractivity contribution in [1.82, 2.24) is 0 Å². The van der Waals surface area contributed by atoms with Gasteiger partial charge in [-0.1, -0.05) is 11.6 Å². The van der Waals surface area contributed by atoms with E-state index in [1.54, 1.807) is 0 Å². The van der Waals surface area contributed by atoms with E-state index in [0.717, 1.165) is 42.9 Å². The highest BCUT2D eigenvalue weighted by molar-refractivity contribution is 6.30. The molecule has 0 saturated heterocycles. The maximum atomic E-state index is 6.12. The van der Waals surface area contributed by atoms with E-state index in [-0.39, 0.29) is 18.0 Å². The minimum Gasteiger partial charge on any atom is -0.487 e. The van der Waals surface area contributed by atoms with Crippen molar-refractivity contribution >= 4 is 24.0 Å². The maximum Gasteiger partial charge on any atom is 0.123 e. The van der Waals surface area contributed by atoms with Gasteiger partial charge in [0.1, 0.15) is 11.4 Å². The van der Waals surface area contributed by atoms with Crippen LogP contribution in [0.4, 0.5) is 0 Å². The number of hydrogen-bond donors (Lipinski definition) is 1. The number of rotatable bonds is 0. The first kappa shape index (κ1) is 13.0. The Labute approximate surface area is 113 Å². The smallest absolute Gasteiger partial charge is 0.123 e. The molecule has 0 unspecified atom stereocenters. The molecular formula is C13H17Cl2NO. The molecule has 0 atom stereocenters. The number of ether oxygens (including phenoxy) is 1. The van der Waals surface area contributed by atoms with Crippen LogP contribution in [0.25, 0.3) is 0 Å². The van der Waals surface area contributed by atoms with Crippen LogP contribution >= 0.6 is 24.0 Å². The highest BCUT2D eigenvalue weighted by atomic mass is 35.5. The summed E-state index contributed by atoms with van der Waals surface area (Å²) in [6, 6.07) is 6.27. The molecule has 1 heterocycles. The molecule has 1 aliphatic carbocycles. The van der Waals surface area contributed by atoms with E-state index in [4.69, 9.17) is 22.1 Å². The van der Waals surface area contributed by atoms with E-state index in [1.807, 2.05) is 18.2 Å². The van der Waals surface area contributed by atoms with E-state index >= 15 is 0 Å². The van der Waals surface area contributed by atoms with Gasteiger partial charge in [-0.15, -0.1) is 12.4 Å². The van der Waals surface area contributed by atoms with Gasteiger partial charge < -0.3 is 10.5 Å². The van der Waals surface area contributed by atoms with Gasteiger partial charge in [0, 0.05) is 17.5 Å². The zero-order chi connectivity index (χ0) is 11.2. The van der Waals surface area contributed by atoms with Gasteiger partial charge in [0.05, 0.1) is 0 Å². The van der Waals surface area contributed by atoms with Crippen molar-refractivity contribution in [3.05, 3.63) is 28.8 Å². The van der Waals surface area contributed by atoms with Crippen LogP contribution in [0.5, 0.6) is 5.75 Å². The Kier molecular flexibility index (Phi) is 3.58. The van der Waals surface area contributed by atoms with Gasteiger partial charge in [-0.05, 0) is 49.4 Å². The van der Waals surface area contributed by atoms with Crippen molar-refractivity contribution in [2.45, 2.75) is 43.7 Å². The van der Waals surface area contributed by atoms with Crippen molar-refractivity contribution in [3.63, 3.8) is 0 Å². The zero-order valence-corrected chi connectivity index (χ0v) is 11.2. The summed E-state index contributed by atoms with van der Waals surface area (Å²) >= 11 is 6.00. The van der Waals surface area contributed by atoms with Crippen LogP contribution in [0.3, 0.4) is 0 Å². The van der Waals surface area contributed by atoms with Crippen LogP contribution in [0.2, 0.25) is 5.02 Å². The lowest BCUT2D eigenvalue weighted by molar-refractivity contribution is 0.0474. The van der Waals surface area contributed by atoms with Crippen molar-refractivity contribution < 1.29 is 4.74 Å². The van der Waals surface area contributed by atoms with Crippen molar-refractivity contribution in [2.75, 3.05) is 0 Å². The molecule has 0 amide bonds. The molecule has 1 saturated carbocycles. The highest BCUT2D eigenvalue weighted by Crippen LogP contribution is 2.43. The first-order valence-corrected chi connectivity index (χ1v) is 6.28. The van der Waals surface area contributed by atoms with Crippen LogP contribution in [-0.4, -0.2) is 11.6 Å². The Hall–Kier alpha value is -0.440. The number of nitrogens with two attached hydrogens (primary N) is 1. The third-order valence-electron chi connectivity index (χ3n) is 3.80. The molecule has 0 aromatic heterocycles. The second kappa shape index (κ2) is 4.68. The molecule has 1 aromatic rings. The number of fused-ring (bicyclic) bond motifs is 1. The standard InChI is InChI=1S/C13H16ClNO.ClH/c14-10-1-2-12-9(7-10)8-13(16-12)5-3-11(15)4-6-13;/h1-2,7,11H,3-6,8,15H2;1H. The van der Waals surface area contributed by atoms with Gasteiger partial charge in [-0.3, -0.25) is 0 Å². The van der Waals surface area contributed by atoms with Gasteiger partial charge in [0.15, 0.2) is 0 Å². The Balaban J connectivity index is 0.00000108. The Morgan fingerprint density at radius 2 is 2.00 bits per heavy atom. The first-order chi connectivity index (χ1) is 7.67. The fraction of sp³-hybridized carbons (Fsp3) is 0.538. The lowest BCUT2D eigenvalue weighted by Crippen LogP contribution is -2.42. The second-order valence-corrected chi connectivity index (χ2v) is 5.49. The normalized spacial score (nSPS) is 30.6. The molecule has 2 aliphatic rings. The first-order valence-electron chi connectivity index (χ1n) is 5.90. The molecule has 1 spiro atoms. The average molecular weight is 274 g/mol. The van der Waals surface area contributed by atoms with E-state index in [0.29, 0.717) is 6.04 Å². The van der Waals surface area contributed by atoms with Gasteiger partial charge in [0.25, 0.3) is 0 Å². The van der Waals surface area contributed by atoms with E-state index in [1.165, 1.54) is 5.56 Å². The molecular weight excluding hydrogens is 257 g/mol. The molecule has 17 heavy (non-hydrogen) atoms. The SMILES string of the molecule is Cl.NC1CCC2(CC1)Cc1cc(Cl)ccc1O2. The maximum absolute atomic E-state index is 6.12. The van der Waals surface area contributed by atoms with Crippen LogP contribution in [0.15, 0.2) is 18.2 Å². The summed E-state index contributed by atoms with van der Waals surface area (Å²) in [7, 11) is 0. The fourth-order valence-corrected chi connectivity index (χ4v) is 3.04. The Morgan fingerprint density at radius 3 is 2.71 bits per heavy atom. The topological polar surface area (TPSA) is 35.2 Å². The Bertz CT molecular complexity index is 414. The van der Waals surface area contributed by atoms with E-state index < -0.39 is 0 Å². The predicted molar refractivity (Wildman–Crippen MR) is 72.2 cm³/mol. The van der Waals surface area contributed by atoms with E-state index in [2.05, 4.69) is 0 Å². The Morgan fingerprint density at radius 1 is 1.29 bits per heavy atom. The molecule has 2 nitrogen and oxygen atoms in total. The number of hydrogen-bond acceptors (Lipinski definition) is 2. The largest absolute Gasteiger partial charge is 0.487 e. The molecule has 3 rings (SSSR count). The third-order valence-corrected chi connectivity index (χ3v) is 4.04. The third kappa shape index (κ3) is 2.40. The molecule has 94 valence electrons. The fourth-order valence-electron chi connectivity index (χ4n) is 2.85. The average Bonchev–Trinajstić information content (AvgIpc) is 2.60. The molecule has 2 N–H and O–H groups in total. The summed E-state index contributed by atoms with van der Waals surface area (Å²) in [5.41, 5.74) is 7.21. The van der Waals surface area contributed by atoms with Crippen LogP contribution in [-0.2, 0) is 6.42 Å². The van der Waals surface area contributed by atoms with Gasteiger partial charge >= 0.3 is 0 Å². The molecule has 1 aromatic carbocycles. The second-order valence-electron chi connectivity index (χ2n) is 5.05. The summed E-state index contributed by atoms with van der Waals surface area (Å²) in [4.78, 5) is 0. The molecule has 1 aliphatic heterocycles. The predicted octanol–water partition coefficient (Wildman–Crippen LogP) is 3.34. The lowest BCUT2D eigenvalue weighted by atomic mass is 9.80. The van der Waals surface area contributed by atoms with Gasteiger partial charge in [-0.25, -0.2) is 0 Å². The van der Waals surface area contributed by atoms with Crippen molar-refractivity contribution in [3.8, 4) is 5.75 Å². The van der Waals surface area contributed by atoms with Crippen molar-refractivity contribution in [2.24, 2.45) is 5.73 Å². The van der Waals surface area contributed by atoms with Crippen LogP contribution in [0.1, 0.15) is 31.2 Å².